The van der Waals surface area contributed by atoms with Crippen molar-refractivity contribution in [2.24, 2.45) is 7.05 Å². The highest BCUT2D eigenvalue weighted by Crippen LogP contribution is 2.24. The second kappa shape index (κ2) is 5.00. The maximum atomic E-state index is 12.5. The van der Waals surface area contributed by atoms with E-state index in [1.165, 1.54) is 0 Å². The first-order valence-corrected chi connectivity index (χ1v) is 6.49. The number of aromatic nitrogens is 2. The first kappa shape index (κ1) is 14.1. The molecule has 106 valence electrons. The van der Waals surface area contributed by atoms with E-state index in [9.17, 15) is 4.79 Å². The van der Waals surface area contributed by atoms with E-state index in [0.29, 0.717) is 11.3 Å². The Hall–Kier alpha value is -2.30. The minimum atomic E-state index is -0.135. The highest BCUT2D eigenvalue weighted by atomic mass is 16.1. The van der Waals surface area contributed by atoms with Crippen molar-refractivity contribution in [2.75, 3.05) is 11.1 Å². The minimum absolute atomic E-state index is 0.135. The van der Waals surface area contributed by atoms with Crippen molar-refractivity contribution in [3.63, 3.8) is 0 Å². The Morgan fingerprint density at radius 3 is 2.20 bits per heavy atom. The Bertz CT molecular complexity index is 662. The molecule has 0 atom stereocenters. The molecule has 0 fully saturated rings. The van der Waals surface area contributed by atoms with Gasteiger partial charge in [0, 0.05) is 24.1 Å². The SMILES string of the molecule is Cc1cc(N)cc(C)c1NC(=O)c1c(C)nn(C)c1C. The van der Waals surface area contributed by atoms with Crippen LogP contribution in [0.15, 0.2) is 12.1 Å². The summed E-state index contributed by atoms with van der Waals surface area (Å²) in [4.78, 5) is 12.5. The fraction of sp³-hybridized carbons (Fsp3) is 0.333. The summed E-state index contributed by atoms with van der Waals surface area (Å²) in [6.45, 7) is 7.59. The first-order chi connectivity index (χ1) is 9.31. The maximum Gasteiger partial charge on any atom is 0.259 e. The van der Waals surface area contributed by atoms with Crippen molar-refractivity contribution in [1.29, 1.82) is 0 Å². The third-order valence-corrected chi connectivity index (χ3v) is 3.53. The topological polar surface area (TPSA) is 72.9 Å². The molecular formula is C15H20N4O. The number of carbonyl (C=O) groups is 1. The van der Waals surface area contributed by atoms with Crippen LogP contribution in [0.4, 0.5) is 11.4 Å². The lowest BCUT2D eigenvalue weighted by molar-refractivity contribution is 0.102. The molecule has 5 nitrogen and oxygen atoms in total. The summed E-state index contributed by atoms with van der Waals surface area (Å²) in [5, 5.41) is 7.24. The fourth-order valence-electron chi connectivity index (χ4n) is 2.47. The number of hydrogen-bond acceptors (Lipinski definition) is 3. The number of nitrogen functional groups attached to an aromatic ring is 1. The first-order valence-electron chi connectivity index (χ1n) is 6.49. The molecule has 1 aromatic carbocycles. The van der Waals surface area contributed by atoms with Crippen LogP contribution in [0.1, 0.15) is 32.9 Å². The van der Waals surface area contributed by atoms with Crippen molar-refractivity contribution >= 4 is 17.3 Å². The van der Waals surface area contributed by atoms with Crippen LogP contribution in [0.5, 0.6) is 0 Å². The average Bonchev–Trinajstić information content (AvgIpc) is 2.58. The summed E-state index contributed by atoms with van der Waals surface area (Å²) < 4.78 is 1.72. The normalized spacial score (nSPS) is 10.7. The van der Waals surface area contributed by atoms with Crippen LogP contribution in [0, 0.1) is 27.7 Å². The molecule has 0 saturated heterocycles. The molecule has 0 aliphatic rings. The van der Waals surface area contributed by atoms with Gasteiger partial charge in [-0.1, -0.05) is 0 Å². The summed E-state index contributed by atoms with van der Waals surface area (Å²) in [5.74, 6) is -0.135. The van der Waals surface area contributed by atoms with Crippen LogP contribution in [-0.2, 0) is 7.05 Å². The summed E-state index contributed by atoms with van der Waals surface area (Å²) in [6.07, 6.45) is 0. The second-order valence-corrected chi connectivity index (χ2v) is 5.15. The van der Waals surface area contributed by atoms with E-state index in [2.05, 4.69) is 10.4 Å². The minimum Gasteiger partial charge on any atom is -0.399 e. The fourth-order valence-corrected chi connectivity index (χ4v) is 2.47. The number of amides is 1. The van der Waals surface area contributed by atoms with Crippen LogP contribution in [0.3, 0.4) is 0 Å². The van der Waals surface area contributed by atoms with Crippen molar-refractivity contribution in [2.45, 2.75) is 27.7 Å². The third kappa shape index (κ3) is 2.39. The van der Waals surface area contributed by atoms with Gasteiger partial charge >= 0.3 is 0 Å². The quantitative estimate of drug-likeness (QED) is 0.825. The van der Waals surface area contributed by atoms with Crippen molar-refractivity contribution in [3.8, 4) is 0 Å². The second-order valence-electron chi connectivity index (χ2n) is 5.15. The van der Waals surface area contributed by atoms with Crippen LogP contribution in [-0.4, -0.2) is 15.7 Å². The number of nitrogens with one attached hydrogen (secondary N) is 1. The molecule has 1 heterocycles. The number of nitrogens with zero attached hydrogens (tertiary/aromatic N) is 2. The molecule has 0 aliphatic heterocycles. The molecule has 0 aliphatic carbocycles. The number of carbonyl (C=O) groups excluding carboxylic acids is 1. The van der Waals surface area contributed by atoms with Crippen LogP contribution < -0.4 is 11.1 Å². The van der Waals surface area contributed by atoms with Crippen LogP contribution in [0.25, 0.3) is 0 Å². The Balaban J connectivity index is 2.38. The zero-order chi connectivity index (χ0) is 15.0. The summed E-state index contributed by atoms with van der Waals surface area (Å²) in [5.41, 5.74) is 11.4. The number of benzene rings is 1. The van der Waals surface area contributed by atoms with Crippen LogP contribution in [0.2, 0.25) is 0 Å². The Kier molecular flexibility index (Phi) is 3.53. The van der Waals surface area contributed by atoms with E-state index in [4.69, 9.17) is 5.73 Å². The molecule has 1 amide bonds. The molecule has 0 radical (unpaired) electrons. The van der Waals surface area contributed by atoms with E-state index >= 15 is 0 Å². The van der Waals surface area contributed by atoms with Crippen molar-refractivity contribution in [3.05, 3.63) is 40.2 Å². The molecule has 0 spiro atoms. The number of anilines is 2. The molecular weight excluding hydrogens is 252 g/mol. The zero-order valence-electron chi connectivity index (χ0n) is 12.5. The molecule has 5 heteroatoms. The molecule has 20 heavy (non-hydrogen) atoms. The smallest absolute Gasteiger partial charge is 0.259 e. The lowest BCUT2D eigenvalue weighted by Gasteiger charge is -2.13. The molecule has 3 N–H and O–H groups in total. The molecule has 1 aromatic heterocycles. The third-order valence-electron chi connectivity index (χ3n) is 3.53. The predicted molar refractivity (Wildman–Crippen MR) is 81.0 cm³/mol. The molecule has 2 aromatic rings. The molecule has 0 unspecified atom stereocenters. The van der Waals surface area contributed by atoms with Gasteiger partial charge in [0.15, 0.2) is 0 Å². The largest absolute Gasteiger partial charge is 0.399 e. The molecule has 0 bridgehead atoms. The van der Waals surface area contributed by atoms with Gasteiger partial charge in [-0.25, -0.2) is 0 Å². The van der Waals surface area contributed by atoms with E-state index in [1.807, 2.05) is 46.9 Å². The van der Waals surface area contributed by atoms with E-state index < -0.39 is 0 Å². The Labute approximate surface area is 118 Å². The Morgan fingerprint density at radius 1 is 1.20 bits per heavy atom. The lowest BCUT2D eigenvalue weighted by atomic mass is 10.1. The highest BCUT2D eigenvalue weighted by Gasteiger charge is 2.18. The number of rotatable bonds is 2. The van der Waals surface area contributed by atoms with E-state index in [-0.39, 0.29) is 5.91 Å². The van der Waals surface area contributed by atoms with Crippen molar-refractivity contribution in [1.82, 2.24) is 9.78 Å². The zero-order valence-corrected chi connectivity index (χ0v) is 12.5. The standard InChI is InChI=1S/C15H20N4O/c1-8-6-12(16)7-9(2)14(8)17-15(20)13-10(3)18-19(5)11(13)4/h6-7H,16H2,1-5H3,(H,17,20). The van der Waals surface area contributed by atoms with Gasteiger partial charge in [-0.2, -0.15) is 5.10 Å². The maximum absolute atomic E-state index is 12.5. The predicted octanol–water partition coefficient (Wildman–Crippen LogP) is 2.49. The van der Waals surface area contributed by atoms with Gasteiger partial charge < -0.3 is 11.1 Å². The van der Waals surface area contributed by atoms with Gasteiger partial charge in [-0.3, -0.25) is 9.48 Å². The number of hydrogen-bond donors (Lipinski definition) is 2. The summed E-state index contributed by atoms with van der Waals surface area (Å²) in [7, 11) is 1.83. The lowest BCUT2D eigenvalue weighted by Crippen LogP contribution is -2.16. The number of aryl methyl sites for hydroxylation is 4. The molecule has 0 saturated carbocycles. The number of nitrogens with two attached hydrogens (primary N) is 1. The van der Waals surface area contributed by atoms with E-state index in [1.54, 1.807) is 4.68 Å². The van der Waals surface area contributed by atoms with Gasteiger partial charge in [0.1, 0.15) is 0 Å². The monoisotopic (exact) mass is 272 g/mol. The van der Waals surface area contributed by atoms with E-state index in [0.717, 1.165) is 28.2 Å². The molecule has 2 rings (SSSR count). The van der Waals surface area contributed by atoms with Gasteiger partial charge in [-0.05, 0) is 51.0 Å². The highest BCUT2D eigenvalue weighted by molar-refractivity contribution is 6.06. The van der Waals surface area contributed by atoms with Gasteiger partial charge in [0.2, 0.25) is 0 Å². The average molecular weight is 272 g/mol. The summed E-state index contributed by atoms with van der Waals surface area (Å²) >= 11 is 0. The van der Waals surface area contributed by atoms with Gasteiger partial charge in [0.05, 0.1) is 11.3 Å². The Morgan fingerprint density at radius 2 is 1.75 bits per heavy atom. The van der Waals surface area contributed by atoms with Crippen LogP contribution >= 0.6 is 0 Å². The van der Waals surface area contributed by atoms with Crippen molar-refractivity contribution < 1.29 is 4.79 Å². The summed E-state index contributed by atoms with van der Waals surface area (Å²) in [6, 6.07) is 3.71. The van der Waals surface area contributed by atoms with Gasteiger partial charge in [-0.15, -0.1) is 0 Å². The van der Waals surface area contributed by atoms with Gasteiger partial charge in [0.25, 0.3) is 5.91 Å².